The zero-order chi connectivity index (χ0) is 16.4. The van der Waals surface area contributed by atoms with Crippen LogP contribution in [0.1, 0.15) is 30.0 Å². The highest BCUT2D eigenvalue weighted by atomic mass is 35.5. The molecule has 0 amide bonds. The third kappa shape index (κ3) is 3.27. The van der Waals surface area contributed by atoms with E-state index in [-0.39, 0.29) is 0 Å². The van der Waals surface area contributed by atoms with E-state index < -0.39 is 0 Å². The number of piperidine rings is 1. The highest BCUT2D eigenvalue weighted by Crippen LogP contribution is 2.40. The van der Waals surface area contributed by atoms with Crippen LogP contribution < -0.4 is 4.74 Å². The maximum atomic E-state index is 6.10. The Morgan fingerprint density at radius 3 is 3.08 bits per heavy atom. The van der Waals surface area contributed by atoms with Crippen molar-refractivity contribution in [3.8, 4) is 17.7 Å². The van der Waals surface area contributed by atoms with E-state index in [0.29, 0.717) is 29.3 Å². The van der Waals surface area contributed by atoms with Crippen LogP contribution >= 0.6 is 23.3 Å². The molecule has 0 spiro atoms. The first kappa shape index (κ1) is 15.9. The summed E-state index contributed by atoms with van der Waals surface area (Å²) < 4.78 is 14.7. The molecule has 2 fully saturated rings. The van der Waals surface area contributed by atoms with Gasteiger partial charge in [0.2, 0.25) is 5.88 Å². The smallest absolute Gasteiger partial charge is 0.250 e. The minimum atomic E-state index is 0.296. The lowest BCUT2D eigenvalue weighted by atomic mass is 9.89. The highest BCUT2D eigenvalue weighted by Gasteiger charge is 2.39. The number of aromatic nitrogens is 2. The normalized spacial score (nSPS) is 25.1. The minimum absolute atomic E-state index is 0.296. The van der Waals surface area contributed by atoms with Crippen molar-refractivity contribution in [2.24, 2.45) is 5.92 Å². The van der Waals surface area contributed by atoms with Crippen molar-refractivity contribution in [1.29, 1.82) is 0 Å². The zero-order valence-electron chi connectivity index (χ0n) is 13.2. The molecule has 3 atom stereocenters. The van der Waals surface area contributed by atoms with Crippen LogP contribution in [0.5, 0.6) is 5.88 Å². The fourth-order valence-corrected chi connectivity index (χ4v) is 4.38. The molecule has 0 saturated carbocycles. The predicted molar refractivity (Wildman–Crippen MR) is 95.6 cm³/mol. The fraction of sp³-hybridized carbons (Fsp3) is 0.444. The van der Waals surface area contributed by atoms with E-state index in [1.807, 2.05) is 24.3 Å². The Kier molecular flexibility index (Phi) is 4.70. The van der Waals surface area contributed by atoms with E-state index in [9.17, 15) is 0 Å². The lowest BCUT2D eigenvalue weighted by Gasteiger charge is -2.21. The molecule has 3 heterocycles. The average Bonchev–Trinajstić information content (AvgIpc) is 3.17. The van der Waals surface area contributed by atoms with Crippen LogP contribution in [-0.2, 0) is 0 Å². The number of rotatable bonds is 3. The van der Waals surface area contributed by atoms with Gasteiger partial charge in [0.1, 0.15) is 5.69 Å². The Morgan fingerprint density at radius 2 is 2.21 bits per heavy atom. The summed E-state index contributed by atoms with van der Waals surface area (Å²) in [5, 5.41) is 0.660. The Labute approximate surface area is 151 Å². The molecule has 2 aliphatic rings. The van der Waals surface area contributed by atoms with Crippen LogP contribution in [0.15, 0.2) is 24.3 Å². The first-order valence-electron chi connectivity index (χ1n) is 8.22. The summed E-state index contributed by atoms with van der Waals surface area (Å²) in [6.07, 6.45) is 2.57. The maximum Gasteiger partial charge on any atom is 0.250 e. The molecule has 1 unspecified atom stereocenters. The second-order valence-electron chi connectivity index (χ2n) is 6.29. The minimum Gasteiger partial charge on any atom is -0.463 e. The van der Waals surface area contributed by atoms with Gasteiger partial charge in [-0.25, -0.2) is 0 Å². The number of hydrogen-bond acceptors (Lipinski definition) is 5. The molecular formula is C18H18ClN3OS. The number of fused-ring (bicyclic) bond motifs is 2. The lowest BCUT2D eigenvalue weighted by molar-refractivity contribution is 0.269. The standard InChI is InChI=1S/C18H18ClN3OS/c19-16-8-2-1-5-13(16)7-4-10-23-18-17(20-24-21-18)15-12-22-9-3-6-14(15)11-22/h1-2,5,8,14-15H,3,6,9-12H2/t14-,15+/m0/s1. The summed E-state index contributed by atoms with van der Waals surface area (Å²) in [6, 6.07) is 7.55. The van der Waals surface area contributed by atoms with Gasteiger partial charge in [-0.1, -0.05) is 35.6 Å². The van der Waals surface area contributed by atoms with Gasteiger partial charge < -0.3 is 9.64 Å². The van der Waals surface area contributed by atoms with E-state index in [0.717, 1.165) is 17.8 Å². The Balaban J connectivity index is 1.42. The fourth-order valence-electron chi connectivity index (χ4n) is 3.63. The van der Waals surface area contributed by atoms with Crippen molar-refractivity contribution in [3.05, 3.63) is 40.5 Å². The van der Waals surface area contributed by atoms with Gasteiger partial charge in [-0.3, -0.25) is 0 Å². The molecule has 1 aromatic carbocycles. The van der Waals surface area contributed by atoms with Crippen LogP contribution in [-0.4, -0.2) is 39.9 Å². The second kappa shape index (κ2) is 7.10. The Morgan fingerprint density at radius 1 is 1.29 bits per heavy atom. The third-order valence-electron chi connectivity index (χ3n) is 4.78. The summed E-state index contributed by atoms with van der Waals surface area (Å²) in [5.41, 5.74) is 1.84. The molecule has 1 aromatic heterocycles. The van der Waals surface area contributed by atoms with E-state index in [1.165, 1.54) is 37.7 Å². The Bertz CT molecular complexity index is 782. The van der Waals surface area contributed by atoms with E-state index in [1.54, 1.807) is 0 Å². The molecule has 2 bridgehead atoms. The molecule has 0 N–H and O–H groups in total. The van der Waals surface area contributed by atoms with Crippen molar-refractivity contribution in [3.63, 3.8) is 0 Å². The topological polar surface area (TPSA) is 38.3 Å². The summed E-state index contributed by atoms with van der Waals surface area (Å²) in [4.78, 5) is 2.53. The third-order valence-corrected chi connectivity index (χ3v) is 5.63. The average molecular weight is 360 g/mol. The first-order chi connectivity index (χ1) is 11.8. The Hall–Kier alpha value is -1.61. The van der Waals surface area contributed by atoms with Gasteiger partial charge in [-0.05, 0) is 37.4 Å². The molecule has 2 aromatic rings. The molecule has 124 valence electrons. The maximum absolute atomic E-state index is 6.10. The van der Waals surface area contributed by atoms with E-state index in [4.69, 9.17) is 16.3 Å². The second-order valence-corrected chi connectivity index (χ2v) is 7.23. The summed E-state index contributed by atoms with van der Waals surface area (Å²) in [7, 11) is 0. The molecular weight excluding hydrogens is 342 g/mol. The lowest BCUT2D eigenvalue weighted by Crippen LogP contribution is -2.25. The molecule has 4 nitrogen and oxygen atoms in total. The highest BCUT2D eigenvalue weighted by molar-refractivity contribution is 6.99. The van der Waals surface area contributed by atoms with Crippen LogP contribution in [0.3, 0.4) is 0 Å². The van der Waals surface area contributed by atoms with Gasteiger partial charge in [0, 0.05) is 24.6 Å². The van der Waals surface area contributed by atoms with E-state index in [2.05, 4.69) is 25.5 Å². The van der Waals surface area contributed by atoms with Gasteiger partial charge >= 0.3 is 0 Å². The summed E-state index contributed by atoms with van der Waals surface area (Å²) in [6.45, 7) is 3.78. The van der Waals surface area contributed by atoms with Crippen LogP contribution in [0.4, 0.5) is 0 Å². The van der Waals surface area contributed by atoms with Gasteiger partial charge in [-0.2, -0.15) is 4.37 Å². The number of halogens is 1. The van der Waals surface area contributed by atoms with E-state index >= 15 is 0 Å². The largest absolute Gasteiger partial charge is 0.463 e. The quantitative estimate of drug-likeness (QED) is 0.787. The van der Waals surface area contributed by atoms with Crippen molar-refractivity contribution in [1.82, 2.24) is 13.6 Å². The zero-order valence-corrected chi connectivity index (χ0v) is 14.8. The van der Waals surface area contributed by atoms with Crippen LogP contribution in [0.2, 0.25) is 5.02 Å². The monoisotopic (exact) mass is 359 g/mol. The van der Waals surface area contributed by atoms with Gasteiger partial charge in [0.25, 0.3) is 0 Å². The van der Waals surface area contributed by atoms with Gasteiger partial charge in [0.05, 0.1) is 16.8 Å². The molecule has 0 radical (unpaired) electrons. The van der Waals surface area contributed by atoms with Gasteiger partial charge in [-0.15, -0.1) is 4.37 Å². The van der Waals surface area contributed by atoms with Crippen LogP contribution in [0, 0.1) is 17.8 Å². The van der Waals surface area contributed by atoms with Gasteiger partial charge in [0.15, 0.2) is 6.61 Å². The summed E-state index contributed by atoms with van der Waals surface area (Å²) >= 11 is 7.33. The van der Waals surface area contributed by atoms with Crippen molar-refractivity contribution < 1.29 is 4.74 Å². The first-order valence-corrected chi connectivity index (χ1v) is 9.33. The number of nitrogens with zero attached hydrogens (tertiary/aromatic N) is 3. The number of benzene rings is 1. The van der Waals surface area contributed by atoms with Crippen molar-refractivity contribution >= 4 is 23.3 Å². The molecule has 24 heavy (non-hydrogen) atoms. The molecule has 2 aliphatic heterocycles. The predicted octanol–water partition coefficient (Wildman–Crippen LogP) is 3.43. The SMILES string of the molecule is Clc1ccccc1C#CCOc1nsnc1[C@@H]1CN2CCC[C@H]1C2. The summed E-state index contributed by atoms with van der Waals surface area (Å²) in [5.74, 6) is 7.87. The number of hydrogen-bond donors (Lipinski definition) is 0. The molecule has 6 heteroatoms. The number of ether oxygens (including phenoxy) is 1. The van der Waals surface area contributed by atoms with Crippen molar-refractivity contribution in [2.45, 2.75) is 18.8 Å². The van der Waals surface area contributed by atoms with Crippen molar-refractivity contribution in [2.75, 3.05) is 26.2 Å². The molecule has 0 aliphatic carbocycles. The van der Waals surface area contributed by atoms with Crippen LogP contribution in [0.25, 0.3) is 0 Å². The molecule has 2 saturated heterocycles. The molecule has 4 rings (SSSR count).